The number of esters is 2. The fraction of sp³-hybridized carbons (Fsp3) is 0.280. The van der Waals surface area contributed by atoms with E-state index in [1.807, 2.05) is 31.2 Å². The lowest BCUT2D eigenvalue weighted by Crippen LogP contribution is -2.39. The maximum Gasteiger partial charge on any atom is 0.343 e. The van der Waals surface area contributed by atoms with E-state index in [0.717, 1.165) is 19.3 Å². The van der Waals surface area contributed by atoms with Crippen molar-refractivity contribution in [2.24, 2.45) is 5.41 Å². The van der Waals surface area contributed by atoms with Crippen molar-refractivity contribution in [3.63, 3.8) is 0 Å². The van der Waals surface area contributed by atoms with Gasteiger partial charge in [0.1, 0.15) is 5.76 Å². The number of rotatable bonds is 7. The van der Waals surface area contributed by atoms with Crippen LogP contribution < -0.4 is 0 Å². The van der Waals surface area contributed by atoms with Crippen LogP contribution in [0.3, 0.4) is 0 Å². The number of hydrogen-bond donors (Lipinski definition) is 0. The van der Waals surface area contributed by atoms with Gasteiger partial charge in [-0.15, -0.1) is 0 Å². The number of hydrogen-bond acceptors (Lipinski definition) is 4. The van der Waals surface area contributed by atoms with Gasteiger partial charge in [-0.3, -0.25) is 0 Å². The molecule has 0 bridgehead atoms. The molecule has 2 unspecified atom stereocenters. The lowest BCUT2D eigenvalue weighted by molar-refractivity contribution is -0.0107. The van der Waals surface area contributed by atoms with Crippen LogP contribution in [0.1, 0.15) is 53.8 Å². The molecule has 0 aromatic heterocycles. The average Bonchev–Trinajstić information content (AvgIpc) is 2.76. The zero-order chi connectivity index (χ0) is 20.7. The summed E-state index contributed by atoms with van der Waals surface area (Å²) < 4.78 is 11.6. The molecule has 0 saturated carbocycles. The number of carbonyl (C=O) groups excluding carboxylic acids is 2. The van der Waals surface area contributed by atoms with E-state index < -0.39 is 23.5 Å². The lowest BCUT2D eigenvalue weighted by atomic mass is 9.76. The summed E-state index contributed by atoms with van der Waals surface area (Å²) in [6.45, 7) is 4.15. The summed E-state index contributed by atoms with van der Waals surface area (Å²) in [5.74, 6) is -0.551. The second-order valence-corrected chi connectivity index (χ2v) is 7.44. The molecule has 4 heteroatoms. The maximum absolute atomic E-state index is 12.8. The molecule has 0 saturated heterocycles. The highest BCUT2D eigenvalue weighted by Gasteiger charge is 2.41. The summed E-state index contributed by atoms with van der Waals surface area (Å²) in [6.07, 6.45) is 7.73. The molecule has 1 aliphatic rings. The molecule has 0 aliphatic heterocycles. The summed E-state index contributed by atoms with van der Waals surface area (Å²) in [4.78, 5) is 25.4. The molecular formula is C25H26O4. The SMILES string of the molecule is CCCCC1(C)C=CC=C(OC(=O)c2ccccc2)C1OC(=O)c1ccccc1. The van der Waals surface area contributed by atoms with Crippen molar-refractivity contribution in [1.29, 1.82) is 0 Å². The molecule has 1 aliphatic carbocycles. The molecule has 4 nitrogen and oxygen atoms in total. The summed E-state index contributed by atoms with van der Waals surface area (Å²) in [7, 11) is 0. The molecule has 150 valence electrons. The standard InChI is InChI=1S/C25H26O4/c1-3-4-17-25(2)18-11-16-21(28-23(26)19-12-7-5-8-13-19)22(25)29-24(27)20-14-9-6-10-15-20/h5-16,18,22H,3-4,17H2,1-2H3. The van der Waals surface area contributed by atoms with Crippen molar-refractivity contribution in [3.8, 4) is 0 Å². The van der Waals surface area contributed by atoms with Gasteiger partial charge in [0.15, 0.2) is 6.10 Å². The van der Waals surface area contributed by atoms with Crippen LogP contribution in [0.15, 0.2) is 84.7 Å². The van der Waals surface area contributed by atoms with Gasteiger partial charge in [0.05, 0.1) is 11.1 Å². The largest absolute Gasteiger partial charge is 0.450 e. The van der Waals surface area contributed by atoms with Gasteiger partial charge in [0.2, 0.25) is 0 Å². The number of ether oxygens (including phenoxy) is 2. The van der Waals surface area contributed by atoms with E-state index in [1.54, 1.807) is 54.6 Å². The third-order valence-electron chi connectivity index (χ3n) is 5.12. The number of unbranched alkanes of at least 4 members (excludes halogenated alkanes) is 1. The molecule has 0 amide bonds. The predicted molar refractivity (Wildman–Crippen MR) is 112 cm³/mol. The van der Waals surface area contributed by atoms with Crippen LogP contribution in [0.25, 0.3) is 0 Å². The Morgan fingerprint density at radius 1 is 0.931 bits per heavy atom. The minimum Gasteiger partial charge on any atom is -0.450 e. The van der Waals surface area contributed by atoms with E-state index in [1.165, 1.54) is 0 Å². The highest BCUT2D eigenvalue weighted by Crippen LogP contribution is 2.39. The zero-order valence-electron chi connectivity index (χ0n) is 16.8. The van der Waals surface area contributed by atoms with Crippen LogP contribution in [0.4, 0.5) is 0 Å². The molecule has 2 aromatic rings. The molecule has 0 spiro atoms. The monoisotopic (exact) mass is 390 g/mol. The van der Waals surface area contributed by atoms with Crippen molar-refractivity contribution >= 4 is 11.9 Å². The van der Waals surface area contributed by atoms with Crippen molar-refractivity contribution in [2.75, 3.05) is 0 Å². The Balaban J connectivity index is 1.86. The van der Waals surface area contributed by atoms with Gasteiger partial charge in [0, 0.05) is 5.41 Å². The van der Waals surface area contributed by atoms with E-state index in [4.69, 9.17) is 9.47 Å². The van der Waals surface area contributed by atoms with Crippen LogP contribution >= 0.6 is 0 Å². The van der Waals surface area contributed by atoms with E-state index in [9.17, 15) is 9.59 Å². The number of benzene rings is 2. The highest BCUT2D eigenvalue weighted by molar-refractivity contribution is 5.91. The Hall–Kier alpha value is -3.14. The minimum atomic E-state index is -0.681. The second-order valence-electron chi connectivity index (χ2n) is 7.44. The van der Waals surface area contributed by atoms with Crippen molar-refractivity contribution in [3.05, 3.63) is 95.8 Å². The fourth-order valence-electron chi connectivity index (χ4n) is 3.40. The van der Waals surface area contributed by atoms with Gasteiger partial charge in [0.25, 0.3) is 0 Å². The highest BCUT2D eigenvalue weighted by atomic mass is 16.6. The summed E-state index contributed by atoms with van der Waals surface area (Å²) in [5.41, 5.74) is 0.460. The fourth-order valence-corrected chi connectivity index (χ4v) is 3.40. The number of carbonyl (C=O) groups is 2. The first-order chi connectivity index (χ1) is 14.0. The number of allylic oxidation sites excluding steroid dienone is 2. The molecule has 0 N–H and O–H groups in total. The van der Waals surface area contributed by atoms with Crippen LogP contribution in [0.5, 0.6) is 0 Å². The summed E-state index contributed by atoms with van der Waals surface area (Å²) in [6, 6.07) is 17.6. The third-order valence-corrected chi connectivity index (χ3v) is 5.12. The summed E-state index contributed by atoms with van der Waals surface area (Å²) >= 11 is 0. The van der Waals surface area contributed by atoms with Crippen LogP contribution in [-0.2, 0) is 9.47 Å². The van der Waals surface area contributed by atoms with E-state index in [-0.39, 0.29) is 0 Å². The molecule has 2 atom stereocenters. The Labute approximate surface area is 171 Å². The molecule has 3 rings (SSSR count). The van der Waals surface area contributed by atoms with Gasteiger partial charge in [-0.1, -0.05) is 75.2 Å². The second kappa shape index (κ2) is 9.37. The molecular weight excluding hydrogens is 364 g/mol. The normalized spacial score (nSPS) is 20.6. The average molecular weight is 390 g/mol. The van der Waals surface area contributed by atoms with Gasteiger partial charge in [-0.2, -0.15) is 0 Å². The van der Waals surface area contributed by atoms with Crippen LogP contribution in [-0.4, -0.2) is 18.0 Å². The van der Waals surface area contributed by atoms with E-state index >= 15 is 0 Å². The quantitative estimate of drug-likeness (QED) is 0.568. The van der Waals surface area contributed by atoms with Crippen molar-refractivity contribution < 1.29 is 19.1 Å². The third kappa shape index (κ3) is 5.02. The summed E-state index contributed by atoms with van der Waals surface area (Å²) in [5, 5.41) is 0. The Morgan fingerprint density at radius 2 is 1.52 bits per heavy atom. The first kappa shape index (κ1) is 20.6. The van der Waals surface area contributed by atoms with Crippen LogP contribution in [0.2, 0.25) is 0 Å². The van der Waals surface area contributed by atoms with Gasteiger partial charge in [-0.05, 0) is 36.8 Å². The zero-order valence-corrected chi connectivity index (χ0v) is 16.8. The smallest absolute Gasteiger partial charge is 0.343 e. The van der Waals surface area contributed by atoms with Gasteiger partial charge in [-0.25, -0.2) is 9.59 Å². The maximum atomic E-state index is 12.8. The molecule has 29 heavy (non-hydrogen) atoms. The topological polar surface area (TPSA) is 52.6 Å². The Kier molecular flexibility index (Phi) is 6.65. The van der Waals surface area contributed by atoms with Crippen molar-refractivity contribution in [1.82, 2.24) is 0 Å². The van der Waals surface area contributed by atoms with Gasteiger partial charge >= 0.3 is 11.9 Å². The molecule has 0 heterocycles. The van der Waals surface area contributed by atoms with Gasteiger partial charge < -0.3 is 9.47 Å². The Morgan fingerprint density at radius 3 is 2.10 bits per heavy atom. The van der Waals surface area contributed by atoms with E-state index in [2.05, 4.69) is 6.92 Å². The predicted octanol–water partition coefficient (Wildman–Crippen LogP) is 5.72. The van der Waals surface area contributed by atoms with E-state index in [0.29, 0.717) is 16.9 Å². The van der Waals surface area contributed by atoms with Crippen LogP contribution in [0, 0.1) is 5.41 Å². The minimum absolute atomic E-state index is 0.351. The molecule has 2 aromatic carbocycles. The first-order valence-corrected chi connectivity index (χ1v) is 9.96. The lowest BCUT2D eigenvalue weighted by Gasteiger charge is -2.37. The Bertz CT molecular complexity index is 899. The molecule has 0 fully saturated rings. The first-order valence-electron chi connectivity index (χ1n) is 9.96. The molecule has 0 radical (unpaired) electrons. The van der Waals surface area contributed by atoms with Crippen molar-refractivity contribution in [2.45, 2.75) is 39.2 Å².